The second kappa shape index (κ2) is 9.32. The molecule has 0 bridgehead atoms. The molecule has 21 heavy (non-hydrogen) atoms. The molecule has 0 spiro atoms. The number of hydrogen-bond acceptors (Lipinski definition) is 4. The molecule has 0 amide bonds. The van der Waals surface area contributed by atoms with Gasteiger partial charge in [0.25, 0.3) is 0 Å². The van der Waals surface area contributed by atoms with E-state index in [9.17, 15) is 9.90 Å². The van der Waals surface area contributed by atoms with Crippen LogP contribution in [0.5, 0.6) is 0 Å². The van der Waals surface area contributed by atoms with E-state index in [0.29, 0.717) is 6.61 Å². The minimum atomic E-state index is -0.595. The number of methoxy groups -OCH3 is 1. The minimum absolute atomic E-state index is 0.0644. The zero-order valence-corrected chi connectivity index (χ0v) is 12.9. The van der Waals surface area contributed by atoms with E-state index < -0.39 is 6.10 Å². The molecular formula is C17H24O4. The summed E-state index contributed by atoms with van der Waals surface area (Å²) < 4.78 is 10.1. The predicted molar refractivity (Wildman–Crippen MR) is 81.7 cm³/mol. The Bertz CT molecular complexity index is 453. The highest BCUT2D eigenvalue weighted by molar-refractivity contribution is 5.71. The minimum Gasteiger partial charge on any atom is -0.469 e. The predicted octanol–water partition coefficient (Wildman–Crippen LogP) is 2.71. The van der Waals surface area contributed by atoms with Crippen molar-refractivity contribution in [2.75, 3.05) is 13.7 Å². The fourth-order valence-corrected chi connectivity index (χ4v) is 1.83. The van der Waals surface area contributed by atoms with Crippen LogP contribution in [0.15, 0.2) is 42.0 Å². The van der Waals surface area contributed by atoms with Gasteiger partial charge < -0.3 is 14.6 Å². The van der Waals surface area contributed by atoms with Gasteiger partial charge >= 0.3 is 5.97 Å². The van der Waals surface area contributed by atoms with Crippen molar-refractivity contribution in [2.45, 2.75) is 33.0 Å². The van der Waals surface area contributed by atoms with Crippen LogP contribution in [0.2, 0.25) is 0 Å². The summed E-state index contributed by atoms with van der Waals surface area (Å²) in [5.74, 6) is -0.346. The summed E-state index contributed by atoms with van der Waals surface area (Å²) in [7, 11) is 1.36. The van der Waals surface area contributed by atoms with Crippen LogP contribution in [0.4, 0.5) is 0 Å². The monoisotopic (exact) mass is 292 g/mol. The van der Waals surface area contributed by atoms with Gasteiger partial charge in [-0.15, -0.1) is 0 Å². The number of aliphatic hydroxyl groups is 1. The number of hydrogen-bond donors (Lipinski definition) is 1. The Morgan fingerprint density at radius 1 is 1.33 bits per heavy atom. The summed E-state index contributed by atoms with van der Waals surface area (Å²) in [6.07, 6.45) is 1.42. The second-order valence-corrected chi connectivity index (χ2v) is 5.09. The van der Waals surface area contributed by atoms with E-state index in [0.717, 1.165) is 11.1 Å². The van der Waals surface area contributed by atoms with Crippen LogP contribution in [0.3, 0.4) is 0 Å². The largest absolute Gasteiger partial charge is 0.469 e. The first-order valence-electron chi connectivity index (χ1n) is 7.07. The van der Waals surface area contributed by atoms with Crippen LogP contribution >= 0.6 is 0 Å². The van der Waals surface area contributed by atoms with Crippen molar-refractivity contribution in [3.8, 4) is 0 Å². The lowest BCUT2D eigenvalue weighted by molar-refractivity contribution is -0.139. The lowest BCUT2D eigenvalue weighted by atomic mass is 9.96. The van der Waals surface area contributed by atoms with Gasteiger partial charge in [0.05, 0.1) is 32.8 Å². The quantitative estimate of drug-likeness (QED) is 0.591. The molecule has 1 aromatic carbocycles. The Hall–Kier alpha value is -1.65. The van der Waals surface area contributed by atoms with Crippen molar-refractivity contribution in [3.63, 3.8) is 0 Å². The standard InChI is InChI=1S/C17H24O4/c1-13(9-10-17(19)20-3)14(2)16(18)12-21-11-15-7-5-4-6-8-15/h4-9,14,16,18H,10-12H2,1-3H3/b13-9+/t14-,16-/m1/s1. The summed E-state index contributed by atoms with van der Waals surface area (Å²) in [6, 6.07) is 9.83. The maximum atomic E-state index is 11.1. The molecule has 0 aromatic heterocycles. The molecule has 1 N–H and O–H groups in total. The van der Waals surface area contributed by atoms with Gasteiger partial charge in [-0.3, -0.25) is 4.79 Å². The molecule has 1 aromatic rings. The number of ether oxygens (including phenoxy) is 2. The van der Waals surface area contributed by atoms with E-state index in [2.05, 4.69) is 4.74 Å². The molecule has 0 aliphatic carbocycles. The number of esters is 1. The van der Waals surface area contributed by atoms with Gasteiger partial charge in [0.15, 0.2) is 0 Å². The van der Waals surface area contributed by atoms with Crippen molar-refractivity contribution >= 4 is 5.97 Å². The lowest BCUT2D eigenvalue weighted by Crippen LogP contribution is -2.24. The van der Waals surface area contributed by atoms with Gasteiger partial charge in [-0.05, 0) is 12.5 Å². The Morgan fingerprint density at radius 3 is 2.62 bits per heavy atom. The molecule has 4 heteroatoms. The highest BCUT2D eigenvalue weighted by Crippen LogP contribution is 2.16. The maximum absolute atomic E-state index is 11.1. The summed E-state index contributed by atoms with van der Waals surface area (Å²) >= 11 is 0. The average Bonchev–Trinajstić information content (AvgIpc) is 2.52. The zero-order valence-electron chi connectivity index (χ0n) is 12.9. The van der Waals surface area contributed by atoms with Crippen molar-refractivity contribution in [1.29, 1.82) is 0 Å². The van der Waals surface area contributed by atoms with E-state index in [1.807, 2.05) is 44.2 Å². The van der Waals surface area contributed by atoms with Crippen molar-refractivity contribution in [1.82, 2.24) is 0 Å². The first-order valence-corrected chi connectivity index (χ1v) is 7.07. The summed E-state index contributed by atoms with van der Waals surface area (Å²) in [6.45, 7) is 4.56. The first kappa shape index (κ1) is 17.4. The van der Waals surface area contributed by atoms with Crippen LogP contribution in [0.25, 0.3) is 0 Å². The number of carbonyl (C=O) groups is 1. The summed E-state index contributed by atoms with van der Waals surface area (Å²) in [5, 5.41) is 10.1. The molecular weight excluding hydrogens is 268 g/mol. The molecule has 0 fully saturated rings. The van der Waals surface area contributed by atoms with Gasteiger partial charge in [-0.1, -0.05) is 48.9 Å². The topological polar surface area (TPSA) is 55.8 Å². The van der Waals surface area contributed by atoms with E-state index in [-0.39, 0.29) is 24.9 Å². The molecule has 2 atom stereocenters. The Labute approximate surface area is 126 Å². The third kappa shape index (κ3) is 6.56. The third-order valence-electron chi connectivity index (χ3n) is 3.51. The molecule has 0 radical (unpaired) electrons. The number of benzene rings is 1. The molecule has 0 unspecified atom stereocenters. The summed E-state index contributed by atoms with van der Waals surface area (Å²) in [5.41, 5.74) is 2.03. The van der Waals surface area contributed by atoms with Crippen molar-refractivity contribution in [2.24, 2.45) is 5.92 Å². The first-order chi connectivity index (χ1) is 10.0. The molecule has 116 valence electrons. The Balaban J connectivity index is 2.36. The van der Waals surface area contributed by atoms with Crippen LogP contribution in [0, 0.1) is 5.92 Å². The van der Waals surface area contributed by atoms with Crippen LogP contribution in [-0.2, 0) is 20.9 Å². The molecule has 4 nitrogen and oxygen atoms in total. The fourth-order valence-electron chi connectivity index (χ4n) is 1.83. The number of rotatable bonds is 8. The lowest BCUT2D eigenvalue weighted by Gasteiger charge is -2.19. The van der Waals surface area contributed by atoms with E-state index >= 15 is 0 Å². The third-order valence-corrected chi connectivity index (χ3v) is 3.51. The second-order valence-electron chi connectivity index (χ2n) is 5.09. The van der Waals surface area contributed by atoms with E-state index in [1.165, 1.54) is 7.11 Å². The van der Waals surface area contributed by atoms with E-state index in [1.54, 1.807) is 6.08 Å². The van der Waals surface area contributed by atoms with Crippen LogP contribution in [0.1, 0.15) is 25.8 Å². The zero-order chi connectivity index (χ0) is 15.7. The van der Waals surface area contributed by atoms with Gasteiger partial charge in [-0.2, -0.15) is 0 Å². The Kier molecular flexibility index (Phi) is 7.72. The number of carbonyl (C=O) groups excluding carboxylic acids is 1. The highest BCUT2D eigenvalue weighted by atomic mass is 16.5. The SMILES string of the molecule is COC(=O)C/C=C(\C)[C@@H](C)[C@H](O)COCc1ccccc1. The van der Waals surface area contributed by atoms with Crippen molar-refractivity contribution < 1.29 is 19.4 Å². The average molecular weight is 292 g/mol. The summed E-state index contributed by atoms with van der Waals surface area (Å²) in [4.78, 5) is 11.1. The fraction of sp³-hybridized carbons (Fsp3) is 0.471. The van der Waals surface area contributed by atoms with Gasteiger partial charge in [0.1, 0.15) is 0 Å². The van der Waals surface area contributed by atoms with Gasteiger partial charge in [0.2, 0.25) is 0 Å². The normalized spacial score (nSPS) is 14.6. The van der Waals surface area contributed by atoms with Gasteiger partial charge in [0, 0.05) is 5.92 Å². The molecule has 0 aliphatic rings. The Morgan fingerprint density at radius 2 is 2.00 bits per heavy atom. The molecule has 0 saturated carbocycles. The highest BCUT2D eigenvalue weighted by Gasteiger charge is 2.16. The van der Waals surface area contributed by atoms with Gasteiger partial charge in [-0.25, -0.2) is 0 Å². The van der Waals surface area contributed by atoms with Crippen molar-refractivity contribution in [3.05, 3.63) is 47.5 Å². The smallest absolute Gasteiger partial charge is 0.309 e. The molecule has 0 heterocycles. The molecule has 0 saturated heterocycles. The van der Waals surface area contributed by atoms with Crippen LogP contribution in [-0.4, -0.2) is 30.9 Å². The van der Waals surface area contributed by atoms with E-state index in [4.69, 9.17) is 4.74 Å². The molecule has 1 rings (SSSR count). The maximum Gasteiger partial charge on any atom is 0.309 e. The number of aliphatic hydroxyl groups excluding tert-OH is 1. The molecule has 0 aliphatic heterocycles. The van der Waals surface area contributed by atoms with Crippen LogP contribution < -0.4 is 0 Å².